The summed E-state index contributed by atoms with van der Waals surface area (Å²) in [5.74, 6) is -0.895. The van der Waals surface area contributed by atoms with E-state index in [0.717, 1.165) is 31.4 Å². The number of rotatable bonds is 4. The molecule has 4 nitrogen and oxygen atoms in total. The maximum absolute atomic E-state index is 10.5. The van der Waals surface area contributed by atoms with Gasteiger partial charge in [-0.2, -0.15) is 0 Å². The number of hydrogen-bond donors (Lipinski definition) is 2. The van der Waals surface area contributed by atoms with E-state index in [1.165, 1.54) is 12.5 Å². The van der Waals surface area contributed by atoms with Gasteiger partial charge in [0.15, 0.2) is 0 Å². The van der Waals surface area contributed by atoms with E-state index in [4.69, 9.17) is 5.11 Å². The van der Waals surface area contributed by atoms with E-state index >= 15 is 0 Å². The molecule has 1 fully saturated rings. The van der Waals surface area contributed by atoms with Crippen LogP contribution in [0.15, 0.2) is 11.6 Å². The number of aliphatic carboxylic acids is 1. The van der Waals surface area contributed by atoms with Gasteiger partial charge in [0.1, 0.15) is 0 Å². The highest BCUT2D eigenvalue weighted by molar-refractivity contribution is 5.80. The zero-order chi connectivity index (χ0) is 12.0. The van der Waals surface area contributed by atoms with Crippen LogP contribution in [-0.4, -0.2) is 46.8 Å². The molecular weight excluding hydrogens is 206 g/mol. The van der Waals surface area contributed by atoms with E-state index in [-0.39, 0.29) is 12.6 Å². The Balaban J connectivity index is 2.57. The largest absolute Gasteiger partial charge is 0.478 e. The lowest BCUT2D eigenvalue weighted by Gasteiger charge is -2.28. The molecule has 1 atom stereocenters. The second-order valence-corrected chi connectivity index (χ2v) is 4.49. The van der Waals surface area contributed by atoms with Crippen molar-refractivity contribution in [2.24, 2.45) is 0 Å². The summed E-state index contributed by atoms with van der Waals surface area (Å²) in [6, 6.07) is 0.194. The van der Waals surface area contributed by atoms with Crippen LogP contribution in [0, 0.1) is 0 Å². The van der Waals surface area contributed by atoms with E-state index in [2.05, 4.69) is 4.90 Å². The van der Waals surface area contributed by atoms with E-state index in [1.54, 1.807) is 0 Å². The molecule has 1 rings (SSSR count). The SMILES string of the molecule is CC(=CC(=O)O)CN1CCCCCC1CO. The van der Waals surface area contributed by atoms with Crippen molar-refractivity contribution < 1.29 is 15.0 Å². The summed E-state index contributed by atoms with van der Waals surface area (Å²) < 4.78 is 0. The van der Waals surface area contributed by atoms with Crippen LogP contribution in [-0.2, 0) is 4.79 Å². The van der Waals surface area contributed by atoms with Crippen molar-refractivity contribution in [3.05, 3.63) is 11.6 Å². The molecule has 1 heterocycles. The van der Waals surface area contributed by atoms with E-state index in [1.807, 2.05) is 6.92 Å². The average Bonchev–Trinajstić information content (AvgIpc) is 2.41. The lowest BCUT2D eigenvalue weighted by Crippen LogP contribution is -2.38. The molecular formula is C12H21NO3. The predicted molar refractivity (Wildman–Crippen MR) is 62.3 cm³/mol. The summed E-state index contributed by atoms with van der Waals surface area (Å²) in [5.41, 5.74) is 0.841. The molecule has 0 aromatic carbocycles. The van der Waals surface area contributed by atoms with Crippen molar-refractivity contribution in [1.82, 2.24) is 4.90 Å². The van der Waals surface area contributed by atoms with Gasteiger partial charge in [0.05, 0.1) is 6.61 Å². The van der Waals surface area contributed by atoms with Crippen molar-refractivity contribution >= 4 is 5.97 Å². The summed E-state index contributed by atoms with van der Waals surface area (Å²) in [6.45, 7) is 3.60. The number of hydrogen-bond acceptors (Lipinski definition) is 3. The van der Waals surface area contributed by atoms with Crippen LogP contribution in [0.1, 0.15) is 32.6 Å². The Labute approximate surface area is 96.6 Å². The number of carbonyl (C=O) groups is 1. The molecule has 0 spiro atoms. The monoisotopic (exact) mass is 227 g/mol. The number of aliphatic hydroxyl groups is 1. The lowest BCUT2D eigenvalue weighted by molar-refractivity contribution is -0.131. The van der Waals surface area contributed by atoms with Gasteiger partial charge >= 0.3 is 5.97 Å². The summed E-state index contributed by atoms with van der Waals surface area (Å²) in [7, 11) is 0. The molecule has 0 bridgehead atoms. The Hall–Kier alpha value is -0.870. The van der Waals surface area contributed by atoms with Gasteiger partial charge in [0.25, 0.3) is 0 Å². The molecule has 1 saturated heterocycles. The molecule has 0 aromatic rings. The summed E-state index contributed by atoms with van der Waals surface area (Å²) >= 11 is 0. The molecule has 92 valence electrons. The van der Waals surface area contributed by atoms with E-state index < -0.39 is 5.97 Å². The van der Waals surface area contributed by atoms with Crippen LogP contribution < -0.4 is 0 Å². The first kappa shape index (κ1) is 13.2. The maximum Gasteiger partial charge on any atom is 0.328 e. The van der Waals surface area contributed by atoms with Crippen LogP contribution in [0.4, 0.5) is 0 Å². The van der Waals surface area contributed by atoms with Gasteiger partial charge in [-0.25, -0.2) is 4.79 Å². The van der Waals surface area contributed by atoms with Crippen LogP contribution >= 0.6 is 0 Å². The number of nitrogens with zero attached hydrogens (tertiary/aromatic N) is 1. The Morgan fingerprint density at radius 1 is 1.44 bits per heavy atom. The summed E-state index contributed by atoms with van der Waals surface area (Å²) in [5, 5.41) is 18.0. The summed E-state index contributed by atoms with van der Waals surface area (Å²) in [4.78, 5) is 12.7. The third kappa shape index (κ3) is 4.33. The minimum Gasteiger partial charge on any atom is -0.478 e. The van der Waals surface area contributed by atoms with Crippen molar-refractivity contribution in [3.63, 3.8) is 0 Å². The smallest absolute Gasteiger partial charge is 0.328 e. The van der Waals surface area contributed by atoms with E-state index in [0.29, 0.717) is 6.54 Å². The molecule has 1 unspecified atom stereocenters. The van der Waals surface area contributed by atoms with Crippen LogP contribution in [0.25, 0.3) is 0 Å². The van der Waals surface area contributed by atoms with Crippen LogP contribution in [0.3, 0.4) is 0 Å². The lowest BCUT2D eigenvalue weighted by atomic mass is 10.1. The third-order valence-corrected chi connectivity index (χ3v) is 3.03. The van der Waals surface area contributed by atoms with E-state index in [9.17, 15) is 9.90 Å². The molecule has 0 aromatic heterocycles. The standard InChI is InChI=1S/C12H21NO3/c1-10(7-12(15)16)8-13-6-4-2-3-5-11(13)9-14/h7,11,14H,2-6,8-9H2,1H3,(H,15,16). The third-order valence-electron chi connectivity index (χ3n) is 3.03. The zero-order valence-corrected chi connectivity index (χ0v) is 9.85. The highest BCUT2D eigenvalue weighted by Crippen LogP contribution is 2.17. The Morgan fingerprint density at radius 3 is 2.81 bits per heavy atom. The fourth-order valence-electron chi connectivity index (χ4n) is 2.23. The molecule has 2 N–H and O–H groups in total. The van der Waals surface area contributed by atoms with Crippen molar-refractivity contribution in [2.75, 3.05) is 19.7 Å². The highest BCUT2D eigenvalue weighted by atomic mass is 16.4. The predicted octanol–water partition coefficient (Wildman–Crippen LogP) is 1.25. The minimum absolute atomic E-state index is 0.167. The topological polar surface area (TPSA) is 60.8 Å². The van der Waals surface area contributed by atoms with Crippen LogP contribution in [0.5, 0.6) is 0 Å². The first-order chi connectivity index (χ1) is 7.63. The van der Waals surface area contributed by atoms with Gasteiger partial charge < -0.3 is 10.2 Å². The van der Waals surface area contributed by atoms with Gasteiger partial charge in [-0.15, -0.1) is 0 Å². The molecule has 4 heteroatoms. The van der Waals surface area contributed by atoms with Gasteiger partial charge in [0, 0.05) is 18.7 Å². The average molecular weight is 227 g/mol. The molecule has 1 aliphatic heterocycles. The van der Waals surface area contributed by atoms with Crippen LogP contribution in [0.2, 0.25) is 0 Å². The number of likely N-dealkylation sites (tertiary alicyclic amines) is 1. The number of aliphatic hydroxyl groups excluding tert-OH is 1. The van der Waals surface area contributed by atoms with Gasteiger partial charge in [-0.3, -0.25) is 4.90 Å². The maximum atomic E-state index is 10.5. The van der Waals surface area contributed by atoms with Gasteiger partial charge in [-0.05, 0) is 26.3 Å². The van der Waals surface area contributed by atoms with Gasteiger partial charge in [0.2, 0.25) is 0 Å². The van der Waals surface area contributed by atoms with Crippen molar-refractivity contribution in [3.8, 4) is 0 Å². The second-order valence-electron chi connectivity index (χ2n) is 4.49. The molecule has 0 radical (unpaired) electrons. The number of carboxylic acids is 1. The Morgan fingerprint density at radius 2 is 2.19 bits per heavy atom. The fourth-order valence-corrected chi connectivity index (χ4v) is 2.23. The normalized spacial score (nSPS) is 24.1. The Bertz CT molecular complexity index is 263. The first-order valence-corrected chi connectivity index (χ1v) is 5.88. The zero-order valence-electron chi connectivity index (χ0n) is 9.85. The van der Waals surface area contributed by atoms with Gasteiger partial charge in [-0.1, -0.05) is 18.4 Å². The molecule has 0 amide bonds. The second kappa shape index (κ2) is 6.66. The Kier molecular flexibility index (Phi) is 5.49. The number of carboxylic acid groups (broad SMARTS) is 1. The molecule has 0 aliphatic carbocycles. The minimum atomic E-state index is -0.895. The molecule has 16 heavy (non-hydrogen) atoms. The van der Waals surface area contributed by atoms with Crippen molar-refractivity contribution in [2.45, 2.75) is 38.6 Å². The fraction of sp³-hybridized carbons (Fsp3) is 0.750. The highest BCUT2D eigenvalue weighted by Gasteiger charge is 2.20. The van der Waals surface area contributed by atoms with Crippen molar-refractivity contribution in [1.29, 1.82) is 0 Å². The summed E-state index contributed by atoms with van der Waals surface area (Å²) in [6.07, 6.45) is 5.76. The quantitative estimate of drug-likeness (QED) is 0.710. The first-order valence-electron chi connectivity index (χ1n) is 5.88. The molecule has 0 saturated carbocycles. The molecule has 1 aliphatic rings.